The molecule has 0 aliphatic heterocycles. The van der Waals surface area contributed by atoms with Crippen LogP contribution < -0.4 is 0 Å². The second kappa shape index (κ2) is 6.63. The van der Waals surface area contributed by atoms with Gasteiger partial charge in [-0.1, -0.05) is 13.3 Å². The van der Waals surface area contributed by atoms with Crippen LogP contribution in [0.2, 0.25) is 0 Å². The Kier molecular flexibility index (Phi) is 5.78. The minimum absolute atomic E-state index is 0.410. The molecule has 0 bridgehead atoms. The van der Waals surface area contributed by atoms with E-state index in [2.05, 4.69) is 0 Å². The summed E-state index contributed by atoms with van der Waals surface area (Å²) in [6.07, 6.45) is -5.33. The van der Waals surface area contributed by atoms with Gasteiger partial charge in [0.15, 0.2) is 0 Å². The summed E-state index contributed by atoms with van der Waals surface area (Å²) < 4.78 is 10.5. The number of aliphatic hydroxyl groups excluding tert-OH is 4. The summed E-state index contributed by atoms with van der Waals surface area (Å²) in [6.45, 7) is 2.41. The van der Waals surface area contributed by atoms with Crippen molar-refractivity contribution < 1.29 is 29.9 Å². The highest BCUT2D eigenvalue weighted by atomic mass is 16.6. The third kappa shape index (κ3) is 3.15. The molecule has 0 aromatic carbocycles. The van der Waals surface area contributed by atoms with Crippen LogP contribution in [0.25, 0.3) is 0 Å². The van der Waals surface area contributed by atoms with E-state index in [1.54, 1.807) is 0 Å². The minimum atomic E-state index is -1.43. The molecule has 6 atom stereocenters. The van der Waals surface area contributed by atoms with Gasteiger partial charge in [-0.25, -0.2) is 0 Å². The second-order valence-electron chi connectivity index (χ2n) is 4.35. The van der Waals surface area contributed by atoms with Crippen LogP contribution in [0.4, 0.5) is 0 Å². The van der Waals surface area contributed by atoms with Crippen LogP contribution in [0.15, 0.2) is 0 Å². The fourth-order valence-corrected chi connectivity index (χ4v) is 2.01. The molecule has 0 spiro atoms. The first kappa shape index (κ1) is 14.8. The van der Waals surface area contributed by atoms with E-state index in [-0.39, 0.29) is 0 Å². The van der Waals surface area contributed by atoms with E-state index in [4.69, 9.17) is 9.47 Å². The summed E-state index contributed by atoms with van der Waals surface area (Å²) in [5.74, 6) is 0. The molecule has 1 fully saturated rings. The zero-order chi connectivity index (χ0) is 13.0. The lowest BCUT2D eigenvalue weighted by Gasteiger charge is -2.43. The van der Waals surface area contributed by atoms with Crippen LogP contribution in [0.3, 0.4) is 0 Å². The molecule has 1 aliphatic carbocycles. The molecule has 0 heterocycles. The lowest BCUT2D eigenvalue weighted by atomic mass is 9.84. The Hall–Kier alpha value is -0.240. The van der Waals surface area contributed by atoms with E-state index in [0.29, 0.717) is 6.61 Å². The van der Waals surface area contributed by atoms with Crippen LogP contribution >= 0.6 is 0 Å². The van der Waals surface area contributed by atoms with Crippen molar-refractivity contribution in [2.45, 2.75) is 56.4 Å². The lowest BCUT2D eigenvalue weighted by Crippen LogP contribution is -2.64. The summed E-state index contributed by atoms with van der Waals surface area (Å²) >= 11 is 0. The van der Waals surface area contributed by atoms with Gasteiger partial charge in [0.2, 0.25) is 0 Å². The van der Waals surface area contributed by atoms with Gasteiger partial charge in [0.05, 0.1) is 0 Å². The van der Waals surface area contributed by atoms with Crippen LogP contribution in [0.1, 0.15) is 19.8 Å². The Morgan fingerprint density at radius 1 is 0.882 bits per heavy atom. The average Bonchev–Trinajstić information content (AvgIpc) is 2.33. The molecule has 0 amide bonds. The predicted molar refractivity (Wildman–Crippen MR) is 59.5 cm³/mol. The Balaban J connectivity index is 2.68. The smallest absolute Gasteiger partial charge is 0.115 e. The molecule has 1 aliphatic rings. The number of methoxy groups -OCH3 is 1. The molecule has 6 heteroatoms. The Morgan fingerprint density at radius 3 is 1.88 bits per heavy atom. The maximum absolute atomic E-state index is 9.80. The summed E-state index contributed by atoms with van der Waals surface area (Å²) in [5.41, 5.74) is 0. The molecule has 0 aromatic rings. The molecule has 102 valence electrons. The van der Waals surface area contributed by atoms with Crippen molar-refractivity contribution >= 4 is 0 Å². The first-order chi connectivity index (χ1) is 8.04. The summed E-state index contributed by atoms with van der Waals surface area (Å²) in [7, 11) is 1.36. The van der Waals surface area contributed by atoms with E-state index >= 15 is 0 Å². The highest BCUT2D eigenvalue weighted by molar-refractivity contribution is 5.00. The minimum Gasteiger partial charge on any atom is -0.387 e. The first-order valence-corrected chi connectivity index (χ1v) is 5.91. The molecule has 6 nitrogen and oxygen atoms in total. The molecule has 6 unspecified atom stereocenters. The monoisotopic (exact) mass is 250 g/mol. The second-order valence-corrected chi connectivity index (χ2v) is 4.35. The van der Waals surface area contributed by atoms with Gasteiger partial charge in [-0.2, -0.15) is 0 Å². The van der Waals surface area contributed by atoms with Crippen molar-refractivity contribution in [1.82, 2.24) is 0 Å². The Bertz CT molecular complexity index is 224. The number of hydrogen-bond acceptors (Lipinski definition) is 6. The summed E-state index contributed by atoms with van der Waals surface area (Å²) in [6, 6.07) is 0. The highest BCUT2D eigenvalue weighted by Gasteiger charge is 2.49. The van der Waals surface area contributed by atoms with Gasteiger partial charge in [0, 0.05) is 13.7 Å². The normalized spacial score (nSPS) is 42.7. The van der Waals surface area contributed by atoms with Crippen molar-refractivity contribution in [3.05, 3.63) is 0 Å². The molecule has 1 saturated carbocycles. The van der Waals surface area contributed by atoms with Crippen LogP contribution in [0, 0.1) is 0 Å². The van der Waals surface area contributed by atoms with E-state index in [9.17, 15) is 20.4 Å². The third-order valence-electron chi connectivity index (χ3n) is 3.13. The topological polar surface area (TPSA) is 99.4 Å². The van der Waals surface area contributed by atoms with Crippen molar-refractivity contribution in [3.8, 4) is 0 Å². The van der Waals surface area contributed by atoms with E-state index in [1.807, 2.05) is 6.92 Å². The number of unbranched alkanes of at least 4 members (excludes halogenated alkanes) is 1. The van der Waals surface area contributed by atoms with Gasteiger partial charge in [0.1, 0.15) is 36.6 Å². The third-order valence-corrected chi connectivity index (χ3v) is 3.13. The molecule has 0 aromatic heterocycles. The van der Waals surface area contributed by atoms with Gasteiger partial charge in [-0.15, -0.1) is 0 Å². The molecule has 4 N–H and O–H groups in total. The van der Waals surface area contributed by atoms with Gasteiger partial charge < -0.3 is 29.9 Å². The number of aliphatic hydroxyl groups is 4. The fourth-order valence-electron chi connectivity index (χ4n) is 2.01. The van der Waals surface area contributed by atoms with Gasteiger partial charge >= 0.3 is 0 Å². The average molecular weight is 250 g/mol. The zero-order valence-corrected chi connectivity index (χ0v) is 10.2. The van der Waals surface area contributed by atoms with Crippen molar-refractivity contribution in [2.75, 3.05) is 13.7 Å². The van der Waals surface area contributed by atoms with Crippen molar-refractivity contribution in [1.29, 1.82) is 0 Å². The van der Waals surface area contributed by atoms with Gasteiger partial charge in [-0.3, -0.25) is 0 Å². The van der Waals surface area contributed by atoms with Crippen LogP contribution in [-0.2, 0) is 9.47 Å². The molecule has 0 saturated heterocycles. The Morgan fingerprint density at radius 2 is 1.41 bits per heavy atom. The van der Waals surface area contributed by atoms with Gasteiger partial charge in [-0.05, 0) is 6.42 Å². The summed E-state index contributed by atoms with van der Waals surface area (Å²) in [4.78, 5) is 0. The van der Waals surface area contributed by atoms with Gasteiger partial charge in [0.25, 0.3) is 0 Å². The van der Waals surface area contributed by atoms with Crippen LogP contribution in [0.5, 0.6) is 0 Å². The van der Waals surface area contributed by atoms with E-state index in [0.717, 1.165) is 12.8 Å². The molecule has 0 radical (unpaired) electrons. The molecule has 1 rings (SSSR count). The highest BCUT2D eigenvalue weighted by Crippen LogP contribution is 2.25. The van der Waals surface area contributed by atoms with Crippen molar-refractivity contribution in [2.24, 2.45) is 0 Å². The molecular formula is C11H22O6. The molecule has 17 heavy (non-hydrogen) atoms. The standard InChI is InChI=1S/C11H22O6/c1-3-4-5-17-11-9(15)7(13)6(12)8(14)10(11)16-2/h6-15H,3-5H2,1-2H3. The largest absolute Gasteiger partial charge is 0.387 e. The maximum Gasteiger partial charge on any atom is 0.115 e. The quantitative estimate of drug-likeness (QED) is 0.450. The van der Waals surface area contributed by atoms with Crippen LogP contribution in [-0.4, -0.2) is 70.8 Å². The Labute approximate surface area is 101 Å². The predicted octanol–water partition coefficient (Wildman–Crippen LogP) is -1.36. The SMILES string of the molecule is CCCCOC1C(O)C(O)C(O)C(O)C1OC. The lowest BCUT2D eigenvalue weighted by molar-refractivity contribution is -0.241. The van der Waals surface area contributed by atoms with E-state index < -0.39 is 36.6 Å². The maximum atomic E-state index is 9.80. The van der Waals surface area contributed by atoms with E-state index in [1.165, 1.54) is 7.11 Å². The first-order valence-electron chi connectivity index (χ1n) is 5.91. The molecular weight excluding hydrogens is 228 g/mol. The van der Waals surface area contributed by atoms with Crippen molar-refractivity contribution in [3.63, 3.8) is 0 Å². The number of rotatable bonds is 5. The number of hydrogen-bond donors (Lipinski definition) is 4. The summed E-state index contributed by atoms with van der Waals surface area (Å²) in [5, 5.41) is 38.6. The zero-order valence-electron chi connectivity index (χ0n) is 10.2. The fraction of sp³-hybridized carbons (Fsp3) is 1.00. The number of ether oxygens (including phenoxy) is 2.